The van der Waals surface area contributed by atoms with Crippen molar-refractivity contribution in [2.24, 2.45) is 0 Å². The molecule has 1 heterocycles. The number of morpholine rings is 1. The topological polar surface area (TPSA) is 44.7 Å². The van der Waals surface area contributed by atoms with E-state index in [0.717, 1.165) is 26.2 Å². The Bertz CT molecular complexity index is 170. The molecule has 0 bridgehead atoms. The summed E-state index contributed by atoms with van der Waals surface area (Å²) in [7, 11) is 1.88. The van der Waals surface area contributed by atoms with E-state index in [1.54, 1.807) is 0 Å². The van der Waals surface area contributed by atoms with Crippen LogP contribution in [0.1, 0.15) is 13.8 Å². The van der Waals surface area contributed by atoms with Crippen LogP contribution in [0.15, 0.2) is 0 Å². The van der Waals surface area contributed by atoms with E-state index in [1.165, 1.54) is 0 Å². The molecule has 4 heteroatoms. The first kappa shape index (κ1) is 11.9. The highest BCUT2D eigenvalue weighted by Gasteiger charge is 2.27. The van der Waals surface area contributed by atoms with Gasteiger partial charge in [-0.1, -0.05) is 0 Å². The monoisotopic (exact) mass is 202 g/mol. The lowest BCUT2D eigenvalue weighted by Crippen LogP contribution is -2.52. The number of nitrogens with zero attached hydrogens (tertiary/aromatic N) is 1. The first-order valence-electron chi connectivity index (χ1n) is 5.22. The van der Waals surface area contributed by atoms with Gasteiger partial charge in [-0.05, 0) is 20.9 Å². The third-order valence-electron chi connectivity index (χ3n) is 2.61. The van der Waals surface area contributed by atoms with E-state index >= 15 is 0 Å². The number of aliphatic hydroxyl groups is 1. The summed E-state index contributed by atoms with van der Waals surface area (Å²) in [5.74, 6) is 0. The molecular weight excluding hydrogens is 180 g/mol. The lowest BCUT2D eigenvalue weighted by molar-refractivity contribution is -0.0883. The second-order valence-electron chi connectivity index (χ2n) is 4.51. The molecule has 2 N–H and O–H groups in total. The quantitative estimate of drug-likeness (QED) is 0.656. The molecule has 0 saturated carbocycles. The molecule has 1 rings (SSSR count). The molecule has 0 amide bonds. The van der Waals surface area contributed by atoms with Crippen LogP contribution in [0.3, 0.4) is 0 Å². The van der Waals surface area contributed by atoms with Crippen molar-refractivity contribution >= 4 is 0 Å². The molecule has 84 valence electrons. The van der Waals surface area contributed by atoms with Crippen LogP contribution in [0.5, 0.6) is 0 Å². The summed E-state index contributed by atoms with van der Waals surface area (Å²) in [6, 6.07) is 0.170. The Labute approximate surface area is 86.2 Å². The van der Waals surface area contributed by atoms with Crippen molar-refractivity contribution in [2.75, 3.05) is 39.9 Å². The van der Waals surface area contributed by atoms with Crippen molar-refractivity contribution in [1.82, 2.24) is 10.2 Å². The molecule has 0 aromatic rings. The third-order valence-corrected chi connectivity index (χ3v) is 2.61. The summed E-state index contributed by atoms with van der Waals surface area (Å²) in [5.41, 5.74) is -0.0496. The minimum absolute atomic E-state index is 0.0496. The molecule has 0 aromatic carbocycles. The standard InChI is InChI=1S/C10H22N2O2/c1-10(2)8-12(4-5-14-10)6-9(7-13)11-3/h9,11,13H,4-8H2,1-3H3. The molecule has 0 aromatic heterocycles. The Morgan fingerprint density at radius 1 is 1.57 bits per heavy atom. The Balaban J connectivity index is 2.37. The van der Waals surface area contributed by atoms with Crippen LogP contribution >= 0.6 is 0 Å². The third kappa shape index (κ3) is 3.53. The smallest absolute Gasteiger partial charge is 0.0753 e. The fourth-order valence-electron chi connectivity index (χ4n) is 1.82. The van der Waals surface area contributed by atoms with Gasteiger partial charge in [0.15, 0.2) is 0 Å². The Hall–Kier alpha value is -0.160. The number of aliphatic hydroxyl groups excluding tert-OH is 1. The van der Waals surface area contributed by atoms with Crippen molar-refractivity contribution in [1.29, 1.82) is 0 Å². The van der Waals surface area contributed by atoms with Crippen molar-refractivity contribution < 1.29 is 9.84 Å². The number of hydrogen-bond donors (Lipinski definition) is 2. The van der Waals surface area contributed by atoms with Gasteiger partial charge in [0.05, 0.1) is 18.8 Å². The highest BCUT2D eigenvalue weighted by Crippen LogP contribution is 2.16. The van der Waals surface area contributed by atoms with Crippen LogP contribution in [0.25, 0.3) is 0 Å². The van der Waals surface area contributed by atoms with E-state index in [-0.39, 0.29) is 18.2 Å². The summed E-state index contributed by atoms with van der Waals surface area (Å²) in [4.78, 5) is 2.33. The maximum atomic E-state index is 9.07. The molecule has 1 fully saturated rings. The second-order valence-corrected chi connectivity index (χ2v) is 4.51. The number of hydrogen-bond acceptors (Lipinski definition) is 4. The van der Waals surface area contributed by atoms with Gasteiger partial charge >= 0.3 is 0 Å². The van der Waals surface area contributed by atoms with Gasteiger partial charge in [0, 0.05) is 25.7 Å². The fraction of sp³-hybridized carbons (Fsp3) is 1.00. The van der Waals surface area contributed by atoms with Gasteiger partial charge in [0.2, 0.25) is 0 Å². The second kappa shape index (κ2) is 5.07. The maximum Gasteiger partial charge on any atom is 0.0753 e. The van der Waals surface area contributed by atoms with E-state index in [2.05, 4.69) is 24.1 Å². The number of ether oxygens (including phenoxy) is 1. The lowest BCUT2D eigenvalue weighted by atomic mass is 10.1. The van der Waals surface area contributed by atoms with E-state index in [4.69, 9.17) is 9.84 Å². The summed E-state index contributed by atoms with van der Waals surface area (Å²) in [5, 5.41) is 12.2. The molecule has 0 radical (unpaired) electrons. The Kier molecular flexibility index (Phi) is 4.31. The zero-order valence-corrected chi connectivity index (χ0v) is 9.42. The normalized spacial score (nSPS) is 24.9. The maximum absolute atomic E-state index is 9.07. The average Bonchev–Trinajstić information content (AvgIpc) is 2.12. The zero-order chi connectivity index (χ0) is 10.6. The molecule has 1 aliphatic heterocycles. The number of likely N-dealkylation sites (N-methyl/N-ethyl adjacent to an activating group) is 1. The molecule has 1 saturated heterocycles. The Morgan fingerprint density at radius 3 is 2.79 bits per heavy atom. The van der Waals surface area contributed by atoms with Crippen molar-refractivity contribution in [3.63, 3.8) is 0 Å². The molecular formula is C10H22N2O2. The Morgan fingerprint density at radius 2 is 2.29 bits per heavy atom. The van der Waals surface area contributed by atoms with Gasteiger partial charge in [-0.25, -0.2) is 0 Å². The summed E-state index contributed by atoms with van der Waals surface area (Å²) in [6.45, 7) is 7.97. The zero-order valence-electron chi connectivity index (χ0n) is 9.42. The number of nitrogens with one attached hydrogen (secondary N) is 1. The van der Waals surface area contributed by atoms with E-state index in [1.807, 2.05) is 7.05 Å². The van der Waals surface area contributed by atoms with Crippen LogP contribution in [-0.2, 0) is 4.74 Å². The van der Waals surface area contributed by atoms with Crippen LogP contribution in [0, 0.1) is 0 Å². The predicted molar refractivity (Wildman–Crippen MR) is 56.4 cm³/mol. The molecule has 0 spiro atoms. The van der Waals surface area contributed by atoms with Gasteiger partial charge in [-0.3, -0.25) is 4.90 Å². The van der Waals surface area contributed by atoms with Gasteiger partial charge in [0.25, 0.3) is 0 Å². The highest BCUT2D eigenvalue weighted by atomic mass is 16.5. The van der Waals surface area contributed by atoms with Crippen LogP contribution < -0.4 is 5.32 Å². The van der Waals surface area contributed by atoms with Gasteiger partial charge in [-0.15, -0.1) is 0 Å². The van der Waals surface area contributed by atoms with Crippen molar-refractivity contribution in [2.45, 2.75) is 25.5 Å². The van der Waals surface area contributed by atoms with Gasteiger partial charge < -0.3 is 15.2 Å². The van der Waals surface area contributed by atoms with E-state index in [9.17, 15) is 0 Å². The van der Waals surface area contributed by atoms with E-state index < -0.39 is 0 Å². The SMILES string of the molecule is CNC(CO)CN1CCOC(C)(C)C1. The van der Waals surface area contributed by atoms with Crippen LogP contribution in [-0.4, -0.2) is 61.5 Å². The average molecular weight is 202 g/mol. The molecule has 0 aliphatic carbocycles. The largest absolute Gasteiger partial charge is 0.395 e. The predicted octanol–water partition coefficient (Wildman–Crippen LogP) is -0.323. The molecule has 14 heavy (non-hydrogen) atoms. The van der Waals surface area contributed by atoms with E-state index in [0.29, 0.717) is 0 Å². The number of rotatable bonds is 4. The molecule has 1 atom stereocenters. The van der Waals surface area contributed by atoms with Crippen molar-refractivity contribution in [3.8, 4) is 0 Å². The van der Waals surface area contributed by atoms with Gasteiger partial charge in [0.1, 0.15) is 0 Å². The minimum atomic E-state index is -0.0496. The molecule has 1 aliphatic rings. The summed E-state index contributed by atoms with van der Waals surface area (Å²) in [6.07, 6.45) is 0. The molecule has 1 unspecified atom stereocenters. The fourth-order valence-corrected chi connectivity index (χ4v) is 1.82. The van der Waals surface area contributed by atoms with Gasteiger partial charge in [-0.2, -0.15) is 0 Å². The summed E-state index contributed by atoms with van der Waals surface area (Å²) >= 11 is 0. The summed E-state index contributed by atoms with van der Waals surface area (Å²) < 4.78 is 5.62. The highest BCUT2D eigenvalue weighted by molar-refractivity contribution is 4.81. The lowest BCUT2D eigenvalue weighted by Gasteiger charge is -2.39. The first-order valence-corrected chi connectivity index (χ1v) is 5.22. The minimum Gasteiger partial charge on any atom is -0.395 e. The van der Waals surface area contributed by atoms with Crippen LogP contribution in [0.4, 0.5) is 0 Å². The van der Waals surface area contributed by atoms with Crippen LogP contribution in [0.2, 0.25) is 0 Å². The van der Waals surface area contributed by atoms with Crippen molar-refractivity contribution in [3.05, 3.63) is 0 Å². The molecule has 4 nitrogen and oxygen atoms in total. The first-order chi connectivity index (χ1) is 6.57.